The van der Waals surface area contributed by atoms with Gasteiger partial charge in [0.15, 0.2) is 0 Å². The van der Waals surface area contributed by atoms with Crippen LogP contribution in [-0.2, 0) is 0 Å². The molecule has 0 heterocycles. The summed E-state index contributed by atoms with van der Waals surface area (Å²) < 4.78 is 0. The van der Waals surface area contributed by atoms with E-state index in [-0.39, 0.29) is 35.1 Å². The van der Waals surface area contributed by atoms with E-state index < -0.39 is 5.97 Å². The normalized spacial score (nSPS) is 8.45. The first-order valence-corrected chi connectivity index (χ1v) is 3.17. The molecule has 11 heavy (non-hydrogen) atoms. The van der Waals surface area contributed by atoms with E-state index in [9.17, 15) is 4.79 Å². The van der Waals surface area contributed by atoms with Gasteiger partial charge in [-0.05, 0) is 24.3 Å². The molecular formula is C7H6NaO2S+. The van der Waals surface area contributed by atoms with E-state index in [2.05, 4.69) is 12.6 Å². The molecule has 4 heteroatoms. The van der Waals surface area contributed by atoms with Crippen LogP contribution in [0.15, 0.2) is 29.2 Å². The smallest absolute Gasteiger partial charge is 0.478 e. The molecule has 0 aromatic heterocycles. The van der Waals surface area contributed by atoms with Crippen molar-refractivity contribution in [1.29, 1.82) is 0 Å². The number of hydrogen-bond acceptors (Lipinski definition) is 2. The molecule has 1 rings (SSSR count). The molecule has 0 spiro atoms. The average molecular weight is 177 g/mol. The fourth-order valence-corrected chi connectivity index (χ4v) is 0.753. The topological polar surface area (TPSA) is 37.3 Å². The van der Waals surface area contributed by atoms with Gasteiger partial charge in [0.2, 0.25) is 0 Å². The van der Waals surface area contributed by atoms with Crippen LogP contribution in [0.4, 0.5) is 0 Å². The van der Waals surface area contributed by atoms with E-state index in [1.165, 1.54) is 12.1 Å². The Bertz CT molecular complexity index is 245. The summed E-state index contributed by atoms with van der Waals surface area (Å²) in [5.41, 5.74) is 0.290. The Morgan fingerprint density at radius 1 is 1.27 bits per heavy atom. The number of thiol groups is 1. The van der Waals surface area contributed by atoms with Gasteiger partial charge in [0, 0.05) is 4.90 Å². The second kappa shape index (κ2) is 4.83. The number of aromatic carboxylic acids is 1. The Morgan fingerprint density at radius 3 is 2.09 bits per heavy atom. The van der Waals surface area contributed by atoms with Crippen molar-refractivity contribution in [1.82, 2.24) is 0 Å². The SMILES string of the molecule is O=C(O)c1ccc(S)cc1.[Na+]. The molecule has 1 aromatic carbocycles. The van der Waals surface area contributed by atoms with Gasteiger partial charge in [0.1, 0.15) is 0 Å². The first-order chi connectivity index (χ1) is 4.70. The van der Waals surface area contributed by atoms with Crippen molar-refractivity contribution < 1.29 is 39.5 Å². The number of carbonyl (C=O) groups is 1. The summed E-state index contributed by atoms with van der Waals surface area (Å²) in [6, 6.07) is 6.33. The molecule has 0 aliphatic carbocycles. The van der Waals surface area contributed by atoms with Crippen LogP contribution in [0.25, 0.3) is 0 Å². The van der Waals surface area contributed by atoms with Crippen molar-refractivity contribution in [2.45, 2.75) is 4.90 Å². The van der Waals surface area contributed by atoms with Crippen LogP contribution in [-0.4, -0.2) is 11.1 Å². The van der Waals surface area contributed by atoms with Crippen LogP contribution in [0, 0.1) is 0 Å². The molecule has 2 nitrogen and oxygen atoms in total. The molecule has 0 saturated carbocycles. The monoisotopic (exact) mass is 177 g/mol. The minimum absolute atomic E-state index is 0. The maximum Gasteiger partial charge on any atom is 1.00 e. The predicted molar refractivity (Wildman–Crippen MR) is 40.7 cm³/mol. The number of carboxylic acid groups (broad SMARTS) is 1. The Morgan fingerprint density at radius 2 is 1.73 bits per heavy atom. The number of hydrogen-bond donors (Lipinski definition) is 2. The fraction of sp³-hybridized carbons (Fsp3) is 0. The molecule has 0 aliphatic heterocycles. The van der Waals surface area contributed by atoms with Crippen LogP contribution in [0.1, 0.15) is 10.4 Å². The molecule has 1 aromatic rings. The first-order valence-electron chi connectivity index (χ1n) is 2.72. The van der Waals surface area contributed by atoms with E-state index in [0.29, 0.717) is 0 Å². The summed E-state index contributed by atoms with van der Waals surface area (Å²) in [6.45, 7) is 0. The van der Waals surface area contributed by atoms with Crippen LogP contribution >= 0.6 is 12.6 Å². The molecule has 52 valence electrons. The molecule has 0 fully saturated rings. The molecule has 0 aliphatic rings. The predicted octanol–water partition coefficient (Wildman–Crippen LogP) is -1.32. The molecular weight excluding hydrogens is 171 g/mol. The minimum Gasteiger partial charge on any atom is -0.478 e. The second-order valence-corrected chi connectivity index (χ2v) is 2.37. The van der Waals surface area contributed by atoms with Crippen LogP contribution in [0.3, 0.4) is 0 Å². The van der Waals surface area contributed by atoms with E-state index in [0.717, 1.165) is 4.90 Å². The summed E-state index contributed by atoms with van der Waals surface area (Å²) in [6.07, 6.45) is 0. The summed E-state index contributed by atoms with van der Waals surface area (Å²) in [5.74, 6) is -0.909. The molecule has 0 amide bonds. The maximum atomic E-state index is 10.3. The van der Waals surface area contributed by atoms with Gasteiger partial charge < -0.3 is 5.11 Å². The van der Waals surface area contributed by atoms with Crippen molar-refractivity contribution in [2.24, 2.45) is 0 Å². The minimum atomic E-state index is -0.909. The number of rotatable bonds is 1. The van der Waals surface area contributed by atoms with Gasteiger partial charge in [-0.2, -0.15) is 0 Å². The zero-order valence-electron chi connectivity index (χ0n) is 6.11. The molecule has 0 saturated heterocycles. The van der Waals surface area contributed by atoms with Crippen molar-refractivity contribution in [2.75, 3.05) is 0 Å². The third kappa shape index (κ3) is 3.29. The molecule has 0 unspecified atom stereocenters. The Balaban J connectivity index is 0.000001000. The second-order valence-electron chi connectivity index (χ2n) is 1.85. The van der Waals surface area contributed by atoms with E-state index in [1.54, 1.807) is 12.1 Å². The summed E-state index contributed by atoms with van der Waals surface area (Å²) in [5, 5.41) is 8.45. The largest absolute Gasteiger partial charge is 1.00 e. The van der Waals surface area contributed by atoms with Gasteiger partial charge in [-0.15, -0.1) is 12.6 Å². The van der Waals surface area contributed by atoms with Gasteiger partial charge >= 0.3 is 35.5 Å². The number of benzene rings is 1. The van der Waals surface area contributed by atoms with Gasteiger partial charge in [-0.25, -0.2) is 4.79 Å². The van der Waals surface area contributed by atoms with Gasteiger partial charge in [-0.1, -0.05) is 0 Å². The molecule has 0 atom stereocenters. The Hall–Kier alpha value is 0.0400. The van der Waals surface area contributed by atoms with Gasteiger partial charge in [0.05, 0.1) is 5.56 Å². The zero-order chi connectivity index (χ0) is 7.56. The Labute approximate surface area is 92.3 Å². The third-order valence-electron chi connectivity index (χ3n) is 1.11. The van der Waals surface area contributed by atoms with Crippen LogP contribution in [0.5, 0.6) is 0 Å². The number of carboxylic acids is 1. The van der Waals surface area contributed by atoms with Crippen molar-refractivity contribution in [3.63, 3.8) is 0 Å². The average Bonchev–Trinajstić information content (AvgIpc) is 1.88. The van der Waals surface area contributed by atoms with Gasteiger partial charge in [0.25, 0.3) is 0 Å². The summed E-state index contributed by atoms with van der Waals surface area (Å²) >= 11 is 4.01. The standard InChI is InChI=1S/C7H6O2S.Na/c8-7(9)5-1-3-6(10)4-2-5;/h1-4,10H,(H,8,9);/q;+1. The Kier molecular flexibility index (Phi) is 4.84. The van der Waals surface area contributed by atoms with E-state index in [1.807, 2.05) is 0 Å². The van der Waals surface area contributed by atoms with E-state index >= 15 is 0 Å². The van der Waals surface area contributed by atoms with Crippen molar-refractivity contribution in [3.8, 4) is 0 Å². The maximum absolute atomic E-state index is 10.3. The first kappa shape index (κ1) is 11.0. The van der Waals surface area contributed by atoms with Gasteiger partial charge in [-0.3, -0.25) is 0 Å². The molecule has 1 N–H and O–H groups in total. The quantitative estimate of drug-likeness (QED) is 0.412. The van der Waals surface area contributed by atoms with E-state index in [4.69, 9.17) is 5.11 Å². The molecule has 0 radical (unpaired) electrons. The molecule has 0 bridgehead atoms. The third-order valence-corrected chi connectivity index (χ3v) is 1.41. The van der Waals surface area contributed by atoms with Crippen molar-refractivity contribution >= 4 is 18.6 Å². The van der Waals surface area contributed by atoms with Crippen LogP contribution < -0.4 is 29.6 Å². The van der Waals surface area contributed by atoms with Crippen molar-refractivity contribution in [3.05, 3.63) is 29.8 Å². The zero-order valence-corrected chi connectivity index (χ0v) is 9.01. The fourth-order valence-electron chi connectivity index (χ4n) is 0.604. The van der Waals surface area contributed by atoms with Crippen LogP contribution in [0.2, 0.25) is 0 Å². The summed E-state index contributed by atoms with van der Waals surface area (Å²) in [4.78, 5) is 11.1. The summed E-state index contributed by atoms with van der Waals surface area (Å²) in [7, 11) is 0.